The second kappa shape index (κ2) is 5.46. The number of likely N-dealkylation sites (N-methyl/N-ethyl adjacent to an activating group) is 1. The van der Waals surface area contributed by atoms with Crippen LogP contribution in [-0.2, 0) is 11.3 Å². The van der Waals surface area contributed by atoms with E-state index in [0.717, 1.165) is 13.1 Å². The molecule has 0 aromatic carbocycles. The van der Waals surface area contributed by atoms with Gasteiger partial charge in [-0.05, 0) is 31.2 Å². The molecule has 88 valence electrons. The Labute approximate surface area is 100 Å². The molecule has 3 nitrogen and oxygen atoms in total. The molecule has 0 bridgehead atoms. The van der Waals surface area contributed by atoms with Crippen molar-refractivity contribution in [2.24, 2.45) is 0 Å². The summed E-state index contributed by atoms with van der Waals surface area (Å²) in [6.07, 6.45) is 2.37. The Morgan fingerprint density at radius 3 is 3.00 bits per heavy atom. The number of hydrogen-bond donors (Lipinski definition) is 1. The summed E-state index contributed by atoms with van der Waals surface area (Å²) in [7, 11) is 0. The van der Waals surface area contributed by atoms with Crippen molar-refractivity contribution in [3.63, 3.8) is 0 Å². The van der Waals surface area contributed by atoms with Crippen LogP contribution in [0.2, 0.25) is 0 Å². The highest BCUT2D eigenvalue weighted by Crippen LogP contribution is 2.26. The third-order valence-corrected chi connectivity index (χ3v) is 3.68. The number of hydrogen-bond acceptors (Lipinski definition) is 3. The number of thiophene rings is 1. The van der Waals surface area contributed by atoms with Crippen LogP contribution in [0.15, 0.2) is 17.5 Å². The summed E-state index contributed by atoms with van der Waals surface area (Å²) >= 11 is 1.72. The predicted molar refractivity (Wildman–Crippen MR) is 66.4 cm³/mol. The summed E-state index contributed by atoms with van der Waals surface area (Å²) < 4.78 is 0. The van der Waals surface area contributed by atoms with Crippen LogP contribution in [0.5, 0.6) is 0 Å². The zero-order valence-electron chi connectivity index (χ0n) is 9.61. The maximum absolute atomic E-state index is 11.9. The summed E-state index contributed by atoms with van der Waals surface area (Å²) in [5.74, 6) is 0.238. The monoisotopic (exact) mass is 238 g/mol. The molecule has 1 aliphatic carbocycles. The number of nitrogens with zero attached hydrogens (tertiary/aromatic N) is 1. The van der Waals surface area contributed by atoms with Gasteiger partial charge in [0.2, 0.25) is 5.91 Å². The van der Waals surface area contributed by atoms with E-state index in [1.807, 2.05) is 11.0 Å². The van der Waals surface area contributed by atoms with E-state index in [4.69, 9.17) is 0 Å². The summed E-state index contributed by atoms with van der Waals surface area (Å²) in [6, 6.07) is 4.65. The van der Waals surface area contributed by atoms with E-state index >= 15 is 0 Å². The normalized spacial score (nSPS) is 15.1. The minimum Gasteiger partial charge on any atom is -0.339 e. The van der Waals surface area contributed by atoms with E-state index in [0.29, 0.717) is 12.6 Å². The lowest BCUT2D eigenvalue weighted by atomic mass is 10.4. The first-order chi connectivity index (χ1) is 7.81. The Balaban J connectivity index is 1.70. The molecule has 0 spiro atoms. The van der Waals surface area contributed by atoms with Crippen molar-refractivity contribution in [2.75, 3.05) is 13.1 Å². The molecule has 16 heavy (non-hydrogen) atoms. The molecule has 1 saturated carbocycles. The van der Waals surface area contributed by atoms with E-state index < -0.39 is 0 Å². The molecule has 1 amide bonds. The summed E-state index contributed by atoms with van der Waals surface area (Å²) in [4.78, 5) is 15.1. The van der Waals surface area contributed by atoms with E-state index in [1.165, 1.54) is 17.7 Å². The first-order valence-electron chi connectivity index (χ1n) is 5.84. The average Bonchev–Trinajstić information content (AvgIpc) is 2.96. The van der Waals surface area contributed by atoms with Crippen molar-refractivity contribution < 1.29 is 4.79 Å². The molecule has 1 fully saturated rings. The number of rotatable bonds is 6. The van der Waals surface area contributed by atoms with Crippen LogP contribution in [0.1, 0.15) is 24.6 Å². The lowest BCUT2D eigenvalue weighted by Crippen LogP contribution is -2.39. The Morgan fingerprint density at radius 2 is 2.44 bits per heavy atom. The SMILES string of the molecule is CCN(C(=O)CNCc1cccs1)C1CC1. The fraction of sp³-hybridized carbons (Fsp3) is 0.583. The molecule has 1 aromatic heterocycles. The summed E-state index contributed by atoms with van der Waals surface area (Å²) in [5, 5.41) is 5.26. The maximum atomic E-state index is 11.9. The van der Waals surface area contributed by atoms with E-state index in [9.17, 15) is 4.79 Å². The van der Waals surface area contributed by atoms with Gasteiger partial charge in [0.25, 0.3) is 0 Å². The van der Waals surface area contributed by atoms with Crippen LogP contribution < -0.4 is 5.32 Å². The average molecular weight is 238 g/mol. The van der Waals surface area contributed by atoms with Gasteiger partial charge in [-0.1, -0.05) is 6.07 Å². The molecular weight excluding hydrogens is 220 g/mol. The first kappa shape index (κ1) is 11.6. The zero-order valence-corrected chi connectivity index (χ0v) is 10.4. The zero-order chi connectivity index (χ0) is 11.4. The molecule has 1 aliphatic rings. The minimum atomic E-state index is 0.238. The predicted octanol–water partition coefficient (Wildman–Crippen LogP) is 1.85. The maximum Gasteiger partial charge on any atom is 0.236 e. The van der Waals surface area contributed by atoms with Gasteiger partial charge >= 0.3 is 0 Å². The molecular formula is C12H18N2OS. The second-order valence-corrected chi connectivity index (χ2v) is 5.13. The van der Waals surface area contributed by atoms with Gasteiger partial charge in [0.1, 0.15) is 0 Å². The van der Waals surface area contributed by atoms with Crippen LogP contribution in [-0.4, -0.2) is 29.9 Å². The molecule has 0 atom stereocenters. The standard InChI is InChI=1S/C12H18N2OS/c1-2-14(10-5-6-10)12(15)9-13-8-11-4-3-7-16-11/h3-4,7,10,13H,2,5-6,8-9H2,1H3. The van der Waals surface area contributed by atoms with Crippen LogP contribution in [0.3, 0.4) is 0 Å². The third-order valence-electron chi connectivity index (χ3n) is 2.80. The van der Waals surface area contributed by atoms with Crippen LogP contribution >= 0.6 is 11.3 Å². The number of carbonyl (C=O) groups excluding carboxylic acids is 1. The smallest absolute Gasteiger partial charge is 0.236 e. The van der Waals surface area contributed by atoms with Crippen LogP contribution in [0.25, 0.3) is 0 Å². The molecule has 0 radical (unpaired) electrons. The minimum absolute atomic E-state index is 0.238. The van der Waals surface area contributed by atoms with Crippen molar-refractivity contribution >= 4 is 17.2 Å². The molecule has 0 aliphatic heterocycles. The lowest BCUT2D eigenvalue weighted by Gasteiger charge is -2.20. The van der Waals surface area contributed by atoms with E-state index in [-0.39, 0.29) is 5.91 Å². The van der Waals surface area contributed by atoms with Gasteiger partial charge in [-0.3, -0.25) is 4.79 Å². The highest BCUT2D eigenvalue weighted by Gasteiger charge is 2.30. The number of carbonyl (C=O) groups is 1. The number of amides is 1. The van der Waals surface area contributed by atoms with Crippen molar-refractivity contribution in [1.82, 2.24) is 10.2 Å². The molecule has 4 heteroatoms. The quantitative estimate of drug-likeness (QED) is 0.820. The van der Waals surface area contributed by atoms with Gasteiger partial charge in [0, 0.05) is 24.0 Å². The number of nitrogens with one attached hydrogen (secondary N) is 1. The fourth-order valence-corrected chi connectivity index (χ4v) is 2.51. The van der Waals surface area contributed by atoms with Crippen molar-refractivity contribution in [3.8, 4) is 0 Å². The molecule has 1 N–H and O–H groups in total. The molecule has 0 unspecified atom stereocenters. The Kier molecular flexibility index (Phi) is 3.96. The van der Waals surface area contributed by atoms with Gasteiger partial charge in [0.05, 0.1) is 6.54 Å². The fourth-order valence-electron chi connectivity index (χ4n) is 1.83. The molecule has 2 rings (SSSR count). The summed E-state index contributed by atoms with van der Waals surface area (Å²) in [5.41, 5.74) is 0. The Hall–Kier alpha value is -0.870. The third kappa shape index (κ3) is 3.06. The van der Waals surface area contributed by atoms with E-state index in [2.05, 4.69) is 23.7 Å². The van der Waals surface area contributed by atoms with Gasteiger partial charge in [0.15, 0.2) is 0 Å². The second-order valence-electron chi connectivity index (χ2n) is 4.09. The van der Waals surface area contributed by atoms with Crippen molar-refractivity contribution in [2.45, 2.75) is 32.4 Å². The largest absolute Gasteiger partial charge is 0.339 e. The molecule has 1 aromatic rings. The van der Waals surface area contributed by atoms with Crippen molar-refractivity contribution in [1.29, 1.82) is 0 Å². The van der Waals surface area contributed by atoms with Gasteiger partial charge < -0.3 is 10.2 Å². The van der Waals surface area contributed by atoms with Crippen molar-refractivity contribution in [3.05, 3.63) is 22.4 Å². The highest BCUT2D eigenvalue weighted by atomic mass is 32.1. The van der Waals surface area contributed by atoms with Gasteiger partial charge in [-0.25, -0.2) is 0 Å². The topological polar surface area (TPSA) is 32.3 Å². The highest BCUT2D eigenvalue weighted by molar-refractivity contribution is 7.09. The van der Waals surface area contributed by atoms with Crippen LogP contribution in [0.4, 0.5) is 0 Å². The van der Waals surface area contributed by atoms with E-state index in [1.54, 1.807) is 11.3 Å². The van der Waals surface area contributed by atoms with Gasteiger partial charge in [-0.2, -0.15) is 0 Å². The van der Waals surface area contributed by atoms with Crippen LogP contribution in [0, 0.1) is 0 Å². The van der Waals surface area contributed by atoms with Gasteiger partial charge in [-0.15, -0.1) is 11.3 Å². The molecule has 0 saturated heterocycles. The molecule has 1 heterocycles. The summed E-state index contributed by atoms with van der Waals surface area (Å²) in [6.45, 7) is 4.15. The first-order valence-corrected chi connectivity index (χ1v) is 6.71. The Bertz CT molecular complexity index is 333. The Morgan fingerprint density at radius 1 is 1.62 bits per heavy atom. The lowest BCUT2D eigenvalue weighted by molar-refractivity contribution is -0.130.